The standard InChI is InChI=1S/C18H19ClN4O3/c19-10-3-1-9(2-4-10)14(24)12-7-13(16(26)15(12)25)23-6-5-11-17(20)21-8-22-18(11)23/h1-6,8,12-16,24-26H,7H2,(H2,20,21,22)/t12-,13-,14-,15-,16+/m1/s1. The molecule has 0 aliphatic heterocycles. The van der Waals surface area contributed by atoms with E-state index in [1.54, 1.807) is 41.1 Å². The molecule has 0 saturated heterocycles. The predicted octanol–water partition coefficient (Wildman–Crippen LogP) is 1.68. The van der Waals surface area contributed by atoms with Crippen LogP contribution in [0.1, 0.15) is 24.1 Å². The SMILES string of the molecule is Nc1ncnc2c1ccn2[C@@H]1C[C@H]([C@H](O)c2ccc(Cl)cc2)[C@@H](O)[C@H]1O. The Labute approximate surface area is 154 Å². The molecule has 0 radical (unpaired) electrons. The molecule has 136 valence electrons. The van der Waals surface area contributed by atoms with Crippen LogP contribution in [0.2, 0.25) is 5.02 Å². The lowest BCUT2D eigenvalue weighted by atomic mass is 9.92. The number of nitrogens with two attached hydrogens (primary N) is 1. The number of fused-ring (bicyclic) bond motifs is 1. The lowest BCUT2D eigenvalue weighted by Crippen LogP contribution is -2.31. The van der Waals surface area contributed by atoms with Crippen molar-refractivity contribution in [3.63, 3.8) is 0 Å². The molecule has 1 saturated carbocycles. The van der Waals surface area contributed by atoms with Gasteiger partial charge < -0.3 is 25.6 Å². The second-order valence-corrected chi connectivity index (χ2v) is 7.10. The Kier molecular flexibility index (Phi) is 4.32. The summed E-state index contributed by atoms with van der Waals surface area (Å²) in [6.07, 6.45) is 0.513. The molecule has 1 aromatic carbocycles. The lowest BCUT2D eigenvalue weighted by Gasteiger charge is -2.22. The number of nitrogen functional groups attached to an aromatic ring is 1. The Morgan fingerprint density at radius 2 is 1.85 bits per heavy atom. The van der Waals surface area contributed by atoms with Gasteiger partial charge in [0.1, 0.15) is 23.9 Å². The molecule has 0 spiro atoms. The highest BCUT2D eigenvalue weighted by Gasteiger charge is 2.46. The minimum atomic E-state index is -1.07. The van der Waals surface area contributed by atoms with E-state index in [0.29, 0.717) is 33.9 Å². The number of aromatic nitrogens is 3. The van der Waals surface area contributed by atoms with Gasteiger partial charge in [0, 0.05) is 17.1 Å². The van der Waals surface area contributed by atoms with Crippen LogP contribution in [0.25, 0.3) is 11.0 Å². The van der Waals surface area contributed by atoms with Gasteiger partial charge in [0.05, 0.1) is 23.6 Å². The number of benzene rings is 1. The van der Waals surface area contributed by atoms with Gasteiger partial charge in [-0.05, 0) is 30.2 Å². The fraction of sp³-hybridized carbons (Fsp3) is 0.333. The van der Waals surface area contributed by atoms with Crippen LogP contribution in [0, 0.1) is 5.92 Å². The molecule has 5 N–H and O–H groups in total. The lowest BCUT2D eigenvalue weighted by molar-refractivity contribution is -0.0264. The van der Waals surface area contributed by atoms with Gasteiger partial charge >= 0.3 is 0 Å². The van der Waals surface area contributed by atoms with Crippen LogP contribution in [0.15, 0.2) is 42.9 Å². The van der Waals surface area contributed by atoms with Crippen LogP contribution in [0.4, 0.5) is 5.82 Å². The molecule has 1 aliphatic rings. The largest absolute Gasteiger partial charge is 0.390 e. The first kappa shape index (κ1) is 17.2. The van der Waals surface area contributed by atoms with Crippen molar-refractivity contribution in [2.45, 2.75) is 30.8 Å². The van der Waals surface area contributed by atoms with Crippen molar-refractivity contribution in [2.24, 2.45) is 5.92 Å². The van der Waals surface area contributed by atoms with E-state index in [-0.39, 0.29) is 0 Å². The molecule has 5 atom stereocenters. The van der Waals surface area contributed by atoms with Crippen LogP contribution in [-0.4, -0.2) is 42.1 Å². The highest BCUT2D eigenvalue weighted by atomic mass is 35.5. The molecule has 0 unspecified atom stereocenters. The van der Waals surface area contributed by atoms with Crippen molar-refractivity contribution in [1.29, 1.82) is 0 Å². The van der Waals surface area contributed by atoms with Crippen LogP contribution in [0.5, 0.6) is 0 Å². The molecule has 4 rings (SSSR count). The van der Waals surface area contributed by atoms with Crippen molar-refractivity contribution in [3.8, 4) is 0 Å². The minimum Gasteiger partial charge on any atom is -0.390 e. The Hall–Kier alpha value is -2.19. The quantitative estimate of drug-likeness (QED) is 0.554. The van der Waals surface area contributed by atoms with Gasteiger partial charge in [-0.15, -0.1) is 0 Å². The molecule has 2 aromatic heterocycles. The van der Waals surface area contributed by atoms with Gasteiger partial charge in [0.15, 0.2) is 0 Å². The molecule has 1 aliphatic carbocycles. The number of aliphatic hydroxyl groups is 3. The normalized spacial score (nSPS) is 27.1. The molecule has 0 bridgehead atoms. The first-order valence-corrected chi connectivity index (χ1v) is 8.72. The summed E-state index contributed by atoms with van der Waals surface area (Å²) in [6.45, 7) is 0. The van der Waals surface area contributed by atoms with Gasteiger partial charge in [-0.2, -0.15) is 0 Å². The fourth-order valence-corrected chi connectivity index (χ4v) is 3.92. The highest BCUT2D eigenvalue weighted by molar-refractivity contribution is 6.30. The Balaban J connectivity index is 1.65. The average molecular weight is 375 g/mol. The molecular formula is C18H19ClN4O3. The van der Waals surface area contributed by atoms with Crippen LogP contribution < -0.4 is 5.73 Å². The number of anilines is 1. The first-order valence-electron chi connectivity index (χ1n) is 8.34. The van der Waals surface area contributed by atoms with E-state index in [9.17, 15) is 15.3 Å². The summed E-state index contributed by atoms with van der Waals surface area (Å²) in [6, 6.07) is 8.18. The van der Waals surface area contributed by atoms with Crippen LogP contribution >= 0.6 is 11.6 Å². The van der Waals surface area contributed by atoms with E-state index in [0.717, 1.165) is 0 Å². The molecule has 7 nitrogen and oxygen atoms in total. The topological polar surface area (TPSA) is 117 Å². The fourth-order valence-electron chi connectivity index (χ4n) is 3.80. The zero-order valence-electron chi connectivity index (χ0n) is 13.8. The summed E-state index contributed by atoms with van der Waals surface area (Å²) in [7, 11) is 0. The first-order chi connectivity index (χ1) is 12.5. The predicted molar refractivity (Wildman–Crippen MR) is 97.5 cm³/mol. The van der Waals surface area contributed by atoms with Crippen molar-refractivity contribution < 1.29 is 15.3 Å². The highest BCUT2D eigenvalue weighted by Crippen LogP contribution is 2.43. The number of hydrogen-bond donors (Lipinski definition) is 4. The van der Waals surface area contributed by atoms with Gasteiger partial charge in [-0.1, -0.05) is 23.7 Å². The summed E-state index contributed by atoms with van der Waals surface area (Å²) < 4.78 is 1.79. The van der Waals surface area contributed by atoms with Gasteiger partial charge in [0.25, 0.3) is 0 Å². The maximum absolute atomic E-state index is 10.7. The smallest absolute Gasteiger partial charge is 0.145 e. The zero-order chi connectivity index (χ0) is 18.4. The second kappa shape index (κ2) is 6.51. The molecule has 3 aromatic rings. The van der Waals surface area contributed by atoms with Crippen molar-refractivity contribution >= 4 is 28.5 Å². The Morgan fingerprint density at radius 1 is 1.12 bits per heavy atom. The molecular weight excluding hydrogens is 356 g/mol. The number of nitrogens with zero attached hydrogens (tertiary/aromatic N) is 3. The average Bonchev–Trinajstić information content (AvgIpc) is 3.18. The van der Waals surface area contributed by atoms with Crippen LogP contribution in [-0.2, 0) is 0 Å². The number of halogens is 1. The third kappa shape index (κ3) is 2.73. The van der Waals surface area contributed by atoms with E-state index < -0.39 is 30.3 Å². The number of aliphatic hydroxyl groups excluding tert-OH is 3. The van der Waals surface area contributed by atoms with E-state index in [1.165, 1.54) is 6.33 Å². The summed E-state index contributed by atoms with van der Waals surface area (Å²) in [5, 5.41) is 33.1. The second-order valence-electron chi connectivity index (χ2n) is 6.66. The summed E-state index contributed by atoms with van der Waals surface area (Å²) in [5.74, 6) is -0.160. The van der Waals surface area contributed by atoms with Crippen molar-refractivity contribution in [1.82, 2.24) is 14.5 Å². The van der Waals surface area contributed by atoms with E-state index in [4.69, 9.17) is 17.3 Å². The third-order valence-corrected chi connectivity index (χ3v) is 5.46. The minimum absolute atomic E-state index is 0.361. The summed E-state index contributed by atoms with van der Waals surface area (Å²) in [4.78, 5) is 8.21. The summed E-state index contributed by atoms with van der Waals surface area (Å²) >= 11 is 5.89. The van der Waals surface area contributed by atoms with Crippen LogP contribution in [0.3, 0.4) is 0 Å². The third-order valence-electron chi connectivity index (χ3n) is 5.21. The van der Waals surface area contributed by atoms with E-state index in [1.807, 2.05) is 0 Å². The Morgan fingerprint density at radius 3 is 2.58 bits per heavy atom. The Bertz CT molecular complexity index is 930. The van der Waals surface area contributed by atoms with Gasteiger partial charge in [-0.25, -0.2) is 9.97 Å². The van der Waals surface area contributed by atoms with E-state index >= 15 is 0 Å². The van der Waals surface area contributed by atoms with Gasteiger partial charge in [-0.3, -0.25) is 0 Å². The zero-order valence-corrected chi connectivity index (χ0v) is 14.5. The maximum atomic E-state index is 10.7. The van der Waals surface area contributed by atoms with E-state index in [2.05, 4.69) is 9.97 Å². The molecule has 8 heteroatoms. The molecule has 2 heterocycles. The van der Waals surface area contributed by atoms with Gasteiger partial charge in [0.2, 0.25) is 0 Å². The molecule has 26 heavy (non-hydrogen) atoms. The molecule has 0 amide bonds. The van der Waals surface area contributed by atoms with Crippen molar-refractivity contribution in [3.05, 3.63) is 53.4 Å². The number of hydrogen-bond acceptors (Lipinski definition) is 6. The maximum Gasteiger partial charge on any atom is 0.145 e. The molecule has 1 fully saturated rings. The van der Waals surface area contributed by atoms with Crippen molar-refractivity contribution in [2.75, 3.05) is 5.73 Å². The summed E-state index contributed by atoms with van der Waals surface area (Å²) in [5.41, 5.74) is 7.11. The monoisotopic (exact) mass is 374 g/mol. The number of rotatable bonds is 3.